The van der Waals surface area contributed by atoms with E-state index in [4.69, 9.17) is 19.9 Å². The van der Waals surface area contributed by atoms with Crippen LogP contribution >= 0.6 is 0 Å². The van der Waals surface area contributed by atoms with E-state index in [9.17, 15) is 9.59 Å². The third kappa shape index (κ3) is 6.33. The van der Waals surface area contributed by atoms with E-state index in [1.165, 1.54) is 0 Å². The molecule has 0 heterocycles. The Hall–Kier alpha value is -2.08. The molecule has 1 saturated carbocycles. The van der Waals surface area contributed by atoms with Gasteiger partial charge in [0.1, 0.15) is 11.7 Å². The number of rotatable bonds is 5. The second kappa shape index (κ2) is 9.03. The SMILES string of the molecule is CC(C)(C)OC(=O)O[C@@H](C(=O)OC1CCCCC1)[C@@H](N)c1ccccc1. The molecule has 0 aromatic heterocycles. The van der Waals surface area contributed by atoms with Crippen molar-refractivity contribution < 1.29 is 23.8 Å². The van der Waals surface area contributed by atoms with Crippen molar-refractivity contribution in [3.63, 3.8) is 0 Å². The fourth-order valence-electron chi connectivity index (χ4n) is 2.91. The van der Waals surface area contributed by atoms with E-state index in [1.807, 2.05) is 18.2 Å². The van der Waals surface area contributed by atoms with Crippen molar-refractivity contribution in [3.8, 4) is 0 Å². The lowest BCUT2D eigenvalue weighted by Crippen LogP contribution is -2.41. The Kier molecular flexibility index (Phi) is 7.03. The van der Waals surface area contributed by atoms with Crippen LogP contribution in [0, 0.1) is 0 Å². The monoisotopic (exact) mass is 363 g/mol. The molecule has 0 amide bonds. The van der Waals surface area contributed by atoms with Gasteiger partial charge in [0.15, 0.2) is 0 Å². The summed E-state index contributed by atoms with van der Waals surface area (Å²) >= 11 is 0. The maximum Gasteiger partial charge on any atom is 0.509 e. The molecule has 6 heteroatoms. The predicted molar refractivity (Wildman–Crippen MR) is 97.4 cm³/mol. The quantitative estimate of drug-likeness (QED) is 0.799. The van der Waals surface area contributed by atoms with E-state index < -0.39 is 29.9 Å². The van der Waals surface area contributed by atoms with Crippen LogP contribution in [0.1, 0.15) is 64.5 Å². The van der Waals surface area contributed by atoms with Gasteiger partial charge >= 0.3 is 12.1 Å². The predicted octanol–water partition coefficient (Wildman–Crippen LogP) is 3.88. The van der Waals surface area contributed by atoms with Crippen molar-refractivity contribution in [2.75, 3.05) is 0 Å². The molecule has 1 aliphatic carbocycles. The van der Waals surface area contributed by atoms with Crippen LogP contribution in [0.15, 0.2) is 30.3 Å². The molecule has 1 aromatic rings. The van der Waals surface area contributed by atoms with Crippen LogP contribution < -0.4 is 5.73 Å². The van der Waals surface area contributed by atoms with Gasteiger partial charge in [0.05, 0.1) is 6.04 Å². The topological polar surface area (TPSA) is 87.8 Å². The van der Waals surface area contributed by atoms with Gasteiger partial charge in [-0.1, -0.05) is 36.8 Å². The van der Waals surface area contributed by atoms with Crippen molar-refractivity contribution in [2.45, 2.75) is 76.7 Å². The summed E-state index contributed by atoms with van der Waals surface area (Å²) in [7, 11) is 0. The summed E-state index contributed by atoms with van der Waals surface area (Å²) in [6, 6.07) is 8.20. The van der Waals surface area contributed by atoms with Crippen LogP contribution in [0.25, 0.3) is 0 Å². The largest absolute Gasteiger partial charge is 0.509 e. The van der Waals surface area contributed by atoms with Gasteiger partial charge in [-0.2, -0.15) is 0 Å². The van der Waals surface area contributed by atoms with Crippen molar-refractivity contribution in [1.82, 2.24) is 0 Å². The molecule has 0 aliphatic heterocycles. The maximum absolute atomic E-state index is 12.7. The summed E-state index contributed by atoms with van der Waals surface area (Å²) in [6.07, 6.45) is 2.51. The van der Waals surface area contributed by atoms with Gasteiger partial charge in [0, 0.05) is 0 Å². The first-order valence-electron chi connectivity index (χ1n) is 9.17. The molecule has 1 fully saturated rings. The highest BCUT2D eigenvalue weighted by atomic mass is 16.7. The molecule has 144 valence electrons. The molecule has 2 rings (SSSR count). The Morgan fingerprint density at radius 3 is 2.27 bits per heavy atom. The number of hydrogen-bond acceptors (Lipinski definition) is 6. The van der Waals surface area contributed by atoms with Crippen LogP contribution in [-0.4, -0.2) is 29.9 Å². The fourth-order valence-corrected chi connectivity index (χ4v) is 2.91. The minimum atomic E-state index is -1.26. The summed E-state index contributed by atoms with van der Waals surface area (Å²) in [4.78, 5) is 24.8. The first-order chi connectivity index (χ1) is 12.3. The summed E-state index contributed by atoms with van der Waals surface area (Å²) < 4.78 is 16.0. The molecule has 2 N–H and O–H groups in total. The average Bonchev–Trinajstić information content (AvgIpc) is 2.59. The van der Waals surface area contributed by atoms with E-state index in [2.05, 4.69) is 0 Å². The standard InChI is InChI=1S/C20H29NO5/c1-20(2,3)26-19(23)25-17(16(21)14-10-6-4-7-11-14)18(22)24-15-12-8-5-9-13-15/h4,6-7,10-11,15-17H,5,8-9,12-13,21H2,1-3H3/t16-,17+/m0/s1. The molecule has 6 nitrogen and oxygen atoms in total. The number of carbonyl (C=O) groups excluding carboxylic acids is 2. The molecule has 2 atom stereocenters. The smallest absolute Gasteiger partial charge is 0.460 e. The number of carbonyl (C=O) groups is 2. The molecule has 0 unspecified atom stereocenters. The van der Waals surface area contributed by atoms with Gasteiger partial charge in [0.25, 0.3) is 0 Å². The van der Waals surface area contributed by atoms with Crippen LogP contribution in [0.3, 0.4) is 0 Å². The van der Waals surface area contributed by atoms with Crippen molar-refractivity contribution in [3.05, 3.63) is 35.9 Å². The number of benzene rings is 1. The zero-order valence-corrected chi connectivity index (χ0v) is 15.8. The highest BCUT2D eigenvalue weighted by Gasteiger charge is 2.35. The Morgan fingerprint density at radius 1 is 1.08 bits per heavy atom. The molecule has 0 bridgehead atoms. The molecule has 26 heavy (non-hydrogen) atoms. The Morgan fingerprint density at radius 2 is 1.69 bits per heavy atom. The third-order valence-corrected chi connectivity index (χ3v) is 4.19. The summed E-state index contributed by atoms with van der Waals surface area (Å²) in [6.45, 7) is 5.17. The molecular formula is C20H29NO5. The second-order valence-corrected chi connectivity index (χ2v) is 7.64. The number of ether oxygens (including phenoxy) is 3. The minimum Gasteiger partial charge on any atom is -0.460 e. The van der Waals surface area contributed by atoms with Crippen LogP contribution in [0.2, 0.25) is 0 Å². The highest BCUT2D eigenvalue weighted by molar-refractivity contribution is 5.79. The van der Waals surface area contributed by atoms with Gasteiger partial charge < -0.3 is 19.9 Å². The molecule has 0 saturated heterocycles. The van der Waals surface area contributed by atoms with E-state index in [-0.39, 0.29) is 6.10 Å². The highest BCUT2D eigenvalue weighted by Crippen LogP contribution is 2.24. The zero-order chi connectivity index (χ0) is 19.2. The Bertz CT molecular complexity index is 590. The zero-order valence-electron chi connectivity index (χ0n) is 15.8. The lowest BCUT2D eigenvalue weighted by molar-refractivity contribution is -0.164. The van der Waals surface area contributed by atoms with Crippen molar-refractivity contribution >= 4 is 12.1 Å². The van der Waals surface area contributed by atoms with E-state index in [1.54, 1.807) is 32.9 Å². The minimum absolute atomic E-state index is 0.149. The Labute approximate surface area is 155 Å². The van der Waals surface area contributed by atoms with E-state index in [0.29, 0.717) is 5.56 Å². The Balaban J connectivity index is 2.11. The van der Waals surface area contributed by atoms with Gasteiger partial charge in [-0.3, -0.25) is 0 Å². The summed E-state index contributed by atoms with van der Waals surface area (Å²) in [5, 5.41) is 0. The molecular weight excluding hydrogens is 334 g/mol. The van der Waals surface area contributed by atoms with Crippen molar-refractivity contribution in [2.24, 2.45) is 5.73 Å². The fraction of sp³-hybridized carbons (Fsp3) is 0.600. The van der Waals surface area contributed by atoms with E-state index >= 15 is 0 Å². The summed E-state index contributed by atoms with van der Waals surface area (Å²) in [5.74, 6) is -0.626. The average molecular weight is 363 g/mol. The van der Waals surface area contributed by atoms with Gasteiger partial charge in [-0.25, -0.2) is 9.59 Å². The van der Waals surface area contributed by atoms with Gasteiger partial charge in [-0.05, 0) is 52.0 Å². The lowest BCUT2D eigenvalue weighted by Gasteiger charge is -2.28. The first kappa shape index (κ1) is 20.2. The number of esters is 1. The lowest BCUT2D eigenvalue weighted by atomic mass is 9.97. The maximum atomic E-state index is 12.7. The first-order valence-corrected chi connectivity index (χ1v) is 9.17. The van der Waals surface area contributed by atoms with Crippen LogP contribution in [0.5, 0.6) is 0 Å². The molecule has 1 aromatic carbocycles. The number of nitrogens with two attached hydrogens (primary N) is 1. The third-order valence-electron chi connectivity index (χ3n) is 4.19. The van der Waals surface area contributed by atoms with Crippen LogP contribution in [0.4, 0.5) is 4.79 Å². The summed E-state index contributed by atoms with van der Waals surface area (Å²) in [5.41, 5.74) is 6.18. The van der Waals surface area contributed by atoms with E-state index in [0.717, 1.165) is 32.1 Å². The van der Waals surface area contributed by atoms with Gasteiger partial charge in [0.2, 0.25) is 6.10 Å². The molecule has 0 spiro atoms. The number of hydrogen-bond donors (Lipinski definition) is 1. The van der Waals surface area contributed by atoms with Crippen molar-refractivity contribution in [1.29, 1.82) is 0 Å². The van der Waals surface area contributed by atoms with Gasteiger partial charge in [-0.15, -0.1) is 0 Å². The molecule has 1 aliphatic rings. The normalized spacial score (nSPS) is 17.8. The second-order valence-electron chi connectivity index (χ2n) is 7.64. The van der Waals surface area contributed by atoms with Crippen LogP contribution in [-0.2, 0) is 19.0 Å². The molecule has 0 radical (unpaired) electrons.